The van der Waals surface area contributed by atoms with Crippen molar-refractivity contribution >= 4 is 12.4 Å². The molecule has 0 aromatic rings. The Morgan fingerprint density at radius 1 is 1.60 bits per heavy atom. The van der Waals surface area contributed by atoms with E-state index in [1.807, 2.05) is 0 Å². The predicted molar refractivity (Wildman–Crippen MR) is 41.6 cm³/mol. The van der Waals surface area contributed by atoms with Gasteiger partial charge >= 0.3 is 0 Å². The summed E-state index contributed by atoms with van der Waals surface area (Å²) < 4.78 is 5.19. The van der Waals surface area contributed by atoms with E-state index >= 15 is 0 Å². The van der Waals surface area contributed by atoms with E-state index in [0.29, 0.717) is 0 Å². The first kappa shape index (κ1) is 10.2. The third-order valence-electron chi connectivity index (χ3n) is 1.89. The van der Waals surface area contributed by atoms with Gasteiger partial charge in [0.1, 0.15) is 0 Å². The van der Waals surface area contributed by atoms with Gasteiger partial charge in [0, 0.05) is 33.2 Å². The summed E-state index contributed by atoms with van der Waals surface area (Å²) in [5.41, 5.74) is -0.0469. The number of aliphatic hydroxyl groups is 1. The smallest absolute Gasteiger partial charge is 0.0947 e. The molecule has 0 bridgehead atoms. The minimum atomic E-state index is -0.0469. The summed E-state index contributed by atoms with van der Waals surface area (Å²) >= 11 is 0. The molecule has 0 atom stereocenters. The van der Waals surface area contributed by atoms with E-state index in [-0.39, 0.29) is 24.6 Å². The summed E-state index contributed by atoms with van der Waals surface area (Å²) in [4.78, 5) is 0. The average Bonchev–Trinajstić information content (AvgIpc) is 1.79. The molecular formula is C6H14ClNO2. The van der Waals surface area contributed by atoms with E-state index in [4.69, 9.17) is 9.84 Å². The second-order valence-corrected chi connectivity index (χ2v) is 2.46. The number of methoxy groups -OCH3 is 1. The molecular weight excluding hydrogens is 154 g/mol. The highest BCUT2D eigenvalue weighted by atomic mass is 35.5. The minimum absolute atomic E-state index is 0. The fourth-order valence-electron chi connectivity index (χ4n) is 1.03. The average molecular weight is 168 g/mol. The van der Waals surface area contributed by atoms with Crippen LogP contribution >= 0.6 is 12.4 Å². The van der Waals surface area contributed by atoms with Gasteiger partial charge in [-0.05, 0) is 0 Å². The zero-order valence-corrected chi connectivity index (χ0v) is 6.91. The zero-order valence-electron chi connectivity index (χ0n) is 6.09. The Balaban J connectivity index is 0.000000810. The van der Waals surface area contributed by atoms with E-state index in [0.717, 1.165) is 19.5 Å². The molecule has 0 aliphatic carbocycles. The molecule has 0 aromatic heterocycles. The quantitative estimate of drug-likeness (QED) is 0.611. The van der Waals surface area contributed by atoms with Crippen LogP contribution in [0.5, 0.6) is 0 Å². The highest BCUT2D eigenvalue weighted by molar-refractivity contribution is 5.85. The van der Waals surface area contributed by atoms with Crippen molar-refractivity contribution in [1.82, 2.24) is 5.32 Å². The van der Waals surface area contributed by atoms with E-state index < -0.39 is 0 Å². The van der Waals surface area contributed by atoms with Gasteiger partial charge in [0.2, 0.25) is 0 Å². The van der Waals surface area contributed by atoms with Gasteiger partial charge in [0.15, 0.2) is 0 Å². The maximum atomic E-state index is 8.59. The Morgan fingerprint density at radius 2 is 2.20 bits per heavy atom. The summed E-state index contributed by atoms with van der Waals surface area (Å²) in [6.07, 6.45) is 0.747. The van der Waals surface area contributed by atoms with Crippen LogP contribution < -0.4 is 5.32 Å². The van der Waals surface area contributed by atoms with Gasteiger partial charge < -0.3 is 15.2 Å². The van der Waals surface area contributed by atoms with Crippen LogP contribution in [0.2, 0.25) is 0 Å². The first-order chi connectivity index (χ1) is 4.33. The van der Waals surface area contributed by atoms with Gasteiger partial charge in [0.05, 0.1) is 5.60 Å². The molecule has 0 spiro atoms. The van der Waals surface area contributed by atoms with E-state index in [1.165, 1.54) is 0 Å². The van der Waals surface area contributed by atoms with Crippen molar-refractivity contribution in [2.75, 3.05) is 26.8 Å². The summed E-state index contributed by atoms with van der Waals surface area (Å²) in [7, 11) is 1.69. The molecule has 0 amide bonds. The summed E-state index contributed by atoms with van der Waals surface area (Å²) in [5, 5.41) is 11.7. The minimum Gasteiger partial charge on any atom is -0.396 e. The largest absolute Gasteiger partial charge is 0.396 e. The molecule has 1 aliphatic rings. The zero-order chi connectivity index (χ0) is 6.74. The first-order valence-corrected chi connectivity index (χ1v) is 3.20. The number of ether oxygens (including phenoxy) is 1. The van der Waals surface area contributed by atoms with E-state index in [2.05, 4.69) is 5.32 Å². The maximum Gasteiger partial charge on any atom is 0.0947 e. The van der Waals surface area contributed by atoms with Crippen LogP contribution in [0.1, 0.15) is 6.42 Å². The number of hydrogen-bond donors (Lipinski definition) is 2. The molecule has 1 fully saturated rings. The van der Waals surface area contributed by atoms with Gasteiger partial charge in [-0.25, -0.2) is 0 Å². The fourth-order valence-corrected chi connectivity index (χ4v) is 1.03. The highest BCUT2D eigenvalue weighted by Crippen LogP contribution is 2.18. The topological polar surface area (TPSA) is 41.5 Å². The first-order valence-electron chi connectivity index (χ1n) is 3.20. The number of rotatable bonds is 3. The van der Waals surface area contributed by atoms with Crippen molar-refractivity contribution in [2.24, 2.45) is 0 Å². The Morgan fingerprint density at radius 3 is 2.30 bits per heavy atom. The van der Waals surface area contributed by atoms with Crippen LogP contribution in [0.25, 0.3) is 0 Å². The van der Waals surface area contributed by atoms with Crippen LogP contribution in [0.15, 0.2) is 0 Å². The Kier molecular flexibility index (Phi) is 4.20. The van der Waals surface area contributed by atoms with Gasteiger partial charge in [-0.15, -0.1) is 12.4 Å². The molecule has 1 heterocycles. The molecule has 3 nitrogen and oxygen atoms in total. The second kappa shape index (κ2) is 4.13. The standard InChI is InChI=1S/C6H13NO2.ClH/c1-9-6(2-3-8)4-7-5-6;/h7-8H,2-5H2,1H3;1H. The Labute approximate surface area is 67.2 Å². The molecule has 10 heavy (non-hydrogen) atoms. The van der Waals surface area contributed by atoms with Crippen LogP contribution in [-0.2, 0) is 4.74 Å². The van der Waals surface area contributed by atoms with Crippen molar-refractivity contribution < 1.29 is 9.84 Å². The lowest BCUT2D eigenvalue weighted by Crippen LogP contribution is -2.60. The van der Waals surface area contributed by atoms with Crippen LogP contribution in [0.3, 0.4) is 0 Å². The van der Waals surface area contributed by atoms with Crippen molar-refractivity contribution in [3.63, 3.8) is 0 Å². The molecule has 0 saturated carbocycles. The molecule has 4 heteroatoms. The van der Waals surface area contributed by atoms with Crippen LogP contribution in [-0.4, -0.2) is 37.5 Å². The van der Waals surface area contributed by atoms with Crippen LogP contribution in [0.4, 0.5) is 0 Å². The number of aliphatic hydroxyl groups excluding tert-OH is 1. The molecule has 1 saturated heterocycles. The van der Waals surface area contributed by atoms with E-state index in [1.54, 1.807) is 7.11 Å². The van der Waals surface area contributed by atoms with Crippen LogP contribution in [0, 0.1) is 0 Å². The SMILES string of the molecule is COC1(CCO)CNC1.Cl. The van der Waals surface area contributed by atoms with Crippen molar-refractivity contribution in [1.29, 1.82) is 0 Å². The maximum absolute atomic E-state index is 8.59. The summed E-state index contributed by atoms with van der Waals surface area (Å²) in [5.74, 6) is 0. The lowest BCUT2D eigenvalue weighted by Gasteiger charge is -2.40. The highest BCUT2D eigenvalue weighted by Gasteiger charge is 2.35. The molecule has 2 N–H and O–H groups in total. The number of nitrogens with one attached hydrogen (secondary N) is 1. The molecule has 0 radical (unpaired) electrons. The molecule has 0 unspecified atom stereocenters. The van der Waals surface area contributed by atoms with Gasteiger partial charge in [-0.2, -0.15) is 0 Å². The number of halogens is 1. The van der Waals surface area contributed by atoms with Gasteiger partial charge in [-0.3, -0.25) is 0 Å². The monoisotopic (exact) mass is 167 g/mol. The lowest BCUT2D eigenvalue weighted by atomic mass is 9.93. The van der Waals surface area contributed by atoms with Gasteiger partial charge in [-0.1, -0.05) is 0 Å². The molecule has 1 aliphatic heterocycles. The Hall–Kier alpha value is 0.170. The normalized spacial score (nSPS) is 21.0. The van der Waals surface area contributed by atoms with Gasteiger partial charge in [0.25, 0.3) is 0 Å². The van der Waals surface area contributed by atoms with E-state index in [9.17, 15) is 0 Å². The third-order valence-corrected chi connectivity index (χ3v) is 1.89. The van der Waals surface area contributed by atoms with Crippen molar-refractivity contribution in [3.05, 3.63) is 0 Å². The summed E-state index contributed by atoms with van der Waals surface area (Å²) in [6.45, 7) is 1.98. The third kappa shape index (κ3) is 1.83. The van der Waals surface area contributed by atoms with Crippen molar-refractivity contribution in [2.45, 2.75) is 12.0 Å². The Bertz CT molecular complexity index is 90.2. The number of hydrogen-bond acceptors (Lipinski definition) is 3. The predicted octanol–water partition coefficient (Wildman–Crippen LogP) is -0.221. The molecule has 1 rings (SSSR count). The van der Waals surface area contributed by atoms with Crippen molar-refractivity contribution in [3.8, 4) is 0 Å². The molecule has 62 valence electrons. The second-order valence-electron chi connectivity index (χ2n) is 2.46. The summed E-state index contributed by atoms with van der Waals surface area (Å²) in [6, 6.07) is 0. The fraction of sp³-hybridized carbons (Fsp3) is 1.00. The lowest BCUT2D eigenvalue weighted by molar-refractivity contribution is -0.0654. The molecule has 0 aromatic carbocycles.